The first-order valence-corrected chi connectivity index (χ1v) is 38.8. The second-order valence-electron chi connectivity index (χ2n) is 24.6. The maximum atomic E-state index is 13.0. The predicted molar refractivity (Wildman–Crippen MR) is 349 cm³/mol. The number of unbranched alkanes of at least 4 members (excludes halogenated alkanes) is 43. The zero-order chi connectivity index (χ0) is 64.0. The van der Waals surface area contributed by atoms with Gasteiger partial charge in [-0.05, 0) is 25.7 Å². The zero-order valence-electron chi connectivity index (χ0n) is 56.0. The van der Waals surface area contributed by atoms with Crippen LogP contribution in [0.1, 0.15) is 355 Å². The number of aliphatic hydroxyl groups is 1. The van der Waals surface area contributed by atoms with E-state index in [1.54, 1.807) is 0 Å². The van der Waals surface area contributed by atoms with Gasteiger partial charge in [-0.1, -0.05) is 304 Å². The molecule has 2 unspecified atom stereocenters. The van der Waals surface area contributed by atoms with Crippen LogP contribution in [-0.2, 0) is 65.4 Å². The number of ether oxygens (including phenoxy) is 4. The van der Waals surface area contributed by atoms with Crippen molar-refractivity contribution < 1.29 is 80.2 Å². The normalized spacial score (nSPS) is 14.1. The minimum Gasteiger partial charge on any atom is -0.462 e. The highest BCUT2D eigenvalue weighted by molar-refractivity contribution is 7.47. The molecule has 0 aliphatic heterocycles. The van der Waals surface area contributed by atoms with Crippen LogP contribution in [0.15, 0.2) is 0 Å². The fraction of sp³-hybridized carbons (Fsp3) is 0.941. The molecule has 0 heterocycles. The van der Waals surface area contributed by atoms with E-state index in [2.05, 4.69) is 27.7 Å². The number of rotatable bonds is 69. The van der Waals surface area contributed by atoms with Gasteiger partial charge in [-0.3, -0.25) is 37.3 Å². The SMILES string of the molecule is CCCCCCCCCCCCCCCCCCCC(=O)O[C@H](COC(=O)CCCCCCCCCCCCCCCC)COP(=O)(O)OC[C@@H](O)COP(=O)(O)OC[C@@H](COC(=O)CCCCCCCCCC)OC(=O)CCCCCCCCCC. The lowest BCUT2D eigenvalue weighted by molar-refractivity contribution is -0.161. The van der Waals surface area contributed by atoms with Gasteiger partial charge < -0.3 is 33.8 Å². The van der Waals surface area contributed by atoms with Crippen molar-refractivity contribution in [3.05, 3.63) is 0 Å². The highest BCUT2D eigenvalue weighted by atomic mass is 31.2. The highest BCUT2D eigenvalue weighted by Gasteiger charge is 2.30. The second-order valence-corrected chi connectivity index (χ2v) is 27.5. The molecule has 516 valence electrons. The van der Waals surface area contributed by atoms with Gasteiger partial charge in [0.05, 0.1) is 26.4 Å². The molecule has 0 rings (SSSR count). The van der Waals surface area contributed by atoms with Crippen molar-refractivity contribution in [3.8, 4) is 0 Å². The molecular formula is C68H132O17P2. The first-order valence-electron chi connectivity index (χ1n) is 35.8. The number of carbonyl (C=O) groups excluding carboxylic acids is 4. The van der Waals surface area contributed by atoms with Gasteiger partial charge in [-0.15, -0.1) is 0 Å². The molecule has 0 aliphatic rings. The molecule has 0 bridgehead atoms. The van der Waals surface area contributed by atoms with Crippen LogP contribution in [-0.4, -0.2) is 96.7 Å². The summed E-state index contributed by atoms with van der Waals surface area (Å²) < 4.78 is 68.1. The van der Waals surface area contributed by atoms with Crippen LogP contribution in [0.5, 0.6) is 0 Å². The third-order valence-electron chi connectivity index (χ3n) is 15.9. The Morgan fingerprint density at radius 2 is 0.460 bits per heavy atom. The van der Waals surface area contributed by atoms with E-state index in [1.165, 1.54) is 173 Å². The van der Waals surface area contributed by atoms with Crippen LogP contribution < -0.4 is 0 Å². The Morgan fingerprint density at radius 1 is 0.276 bits per heavy atom. The van der Waals surface area contributed by atoms with Crippen molar-refractivity contribution >= 4 is 39.5 Å². The standard InChI is InChI=1S/C68H132O17P2/c1-5-9-13-17-21-25-27-29-31-32-33-35-37-39-43-47-51-55-68(73)85-64(59-79-66(71)53-49-45-42-38-36-34-30-28-26-22-18-14-10-6-2)61-83-87(76,77)81-57-62(69)56-80-86(74,75)82-60-63(84-67(72)54-50-46-41-24-20-16-12-8-4)58-78-65(70)52-48-44-40-23-19-15-11-7-3/h62-64,69H,5-61H2,1-4H3,(H,74,75)(H,76,77)/t62-,63+,64+/m0/s1. The van der Waals surface area contributed by atoms with Crippen molar-refractivity contribution in [1.82, 2.24) is 0 Å². The number of phosphoric ester groups is 2. The van der Waals surface area contributed by atoms with Crippen LogP contribution in [0.4, 0.5) is 0 Å². The summed E-state index contributed by atoms with van der Waals surface area (Å²) in [6.45, 7) is 4.88. The lowest BCUT2D eigenvalue weighted by atomic mass is 10.0. The average molecular weight is 1280 g/mol. The van der Waals surface area contributed by atoms with Crippen LogP contribution in [0.2, 0.25) is 0 Å². The van der Waals surface area contributed by atoms with Crippen molar-refractivity contribution in [2.75, 3.05) is 39.6 Å². The van der Waals surface area contributed by atoms with Gasteiger partial charge in [0.25, 0.3) is 0 Å². The molecule has 87 heavy (non-hydrogen) atoms. The molecule has 0 aromatic heterocycles. The van der Waals surface area contributed by atoms with Crippen LogP contribution >= 0.6 is 15.6 Å². The molecule has 0 fully saturated rings. The maximum Gasteiger partial charge on any atom is 0.472 e. The van der Waals surface area contributed by atoms with Gasteiger partial charge in [0.15, 0.2) is 12.2 Å². The van der Waals surface area contributed by atoms with E-state index in [-0.39, 0.29) is 25.7 Å². The van der Waals surface area contributed by atoms with Gasteiger partial charge in [-0.2, -0.15) is 0 Å². The minimum absolute atomic E-state index is 0.105. The number of aliphatic hydroxyl groups excluding tert-OH is 1. The summed E-state index contributed by atoms with van der Waals surface area (Å²) in [5, 5.41) is 10.5. The largest absolute Gasteiger partial charge is 0.472 e. The van der Waals surface area contributed by atoms with Crippen molar-refractivity contribution in [3.63, 3.8) is 0 Å². The third-order valence-corrected chi connectivity index (χ3v) is 17.8. The van der Waals surface area contributed by atoms with E-state index >= 15 is 0 Å². The summed E-state index contributed by atoms with van der Waals surface area (Å²) in [6, 6.07) is 0. The van der Waals surface area contributed by atoms with Gasteiger partial charge in [0.1, 0.15) is 19.3 Å². The summed E-state index contributed by atoms with van der Waals surface area (Å²) in [7, 11) is -9.89. The lowest BCUT2D eigenvalue weighted by Gasteiger charge is -2.21. The summed E-state index contributed by atoms with van der Waals surface area (Å²) >= 11 is 0. The van der Waals surface area contributed by atoms with E-state index in [1.807, 2.05) is 0 Å². The Balaban J connectivity index is 5.18. The molecular weight excluding hydrogens is 1150 g/mol. The molecule has 0 amide bonds. The summed E-state index contributed by atoms with van der Waals surface area (Å²) in [4.78, 5) is 72.3. The first-order chi connectivity index (χ1) is 42.2. The first kappa shape index (κ1) is 85.1. The van der Waals surface area contributed by atoms with Gasteiger partial charge in [-0.25, -0.2) is 9.13 Å². The quantitative estimate of drug-likeness (QED) is 0.0222. The monoisotopic (exact) mass is 1280 g/mol. The molecule has 0 radical (unpaired) electrons. The Hall–Kier alpha value is -1.94. The van der Waals surface area contributed by atoms with Crippen molar-refractivity contribution in [2.45, 2.75) is 373 Å². The van der Waals surface area contributed by atoms with E-state index in [4.69, 9.17) is 37.0 Å². The molecule has 0 aromatic carbocycles. The smallest absolute Gasteiger partial charge is 0.462 e. The molecule has 3 N–H and O–H groups in total. The molecule has 17 nitrogen and oxygen atoms in total. The number of phosphoric acid groups is 2. The van der Waals surface area contributed by atoms with Crippen LogP contribution in [0, 0.1) is 0 Å². The third kappa shape index (κ3) is 62.6. The van der Waals surface area contributed by atoms with Crippen molar-refractivity contribution in [2.24, 2.45) is 0 Å². The van der Waals surface area contributed by atoms with Gasteiger partial charge in [0, 0.05) is 25.7 Å². The van der Waals surface area contributed by atoms with E-state index in [0.717, 1.165) is 103 Å². The van der Waals surface area contributed by atoms with Crippen LogP contribution in [0.25, 0.3) is 0 Å². The Labute approximate surface area is 530 Å². The van der Waals surface area contributed by atoms with E-state index in [9.17, 15) is 43.2 Å². The zero-order valence-corrected chi connectivity index (χ0v) is 57.8. The Morgan fingerprint density at radius 3 is 0.678 bits per heavy atom. The molecule has 0 spiro atoms. The molecule has 5 atom stereocenters. The molecule has 0 aliphatic carbocycles. The molecule has 0 saturated heterocycles. The van der Waals surface area contributed by atoms with Gasteiger partial charge >= 0.3 is 39.5 Å². The van der Waals surface area contributed by atoms with Crippen LogP contribution in [0.3, 0.4) is 0 Å². The van der Waals surface area contributed by atoms with Crippen molar-refractivity contribution in [1.29, 1.82) is 0 Å². The number of carbonyl (C=O) groups is 4. The average Bonchev–Trinajstić information content (AvgIpc) is 3.71. The maximum absolute atomic E-state index is 13.0. The van der Waals surface area contributed by atoms with Gasteiger partial charge in [0.2, 0.25) is 0 Å². The van der Waals surface area contributed by atoms with E-state index < -0.39 is 97.5 Å². The second kappa shape index (κ2) is 62.8. The topological polar surface area (TPSA) is 237 Å². The fourth-order valence-corrected chi connectivity index (χ4v) is 11.9. The molecule has 0 saturated carbocycles. The molecule has 0 aromatic rings. The Kier molecular flexibility index (Phi) is 61.4. The Bertz CT molecular complexity index is 1670. The molecule has 19 heteroatoms. The van der Waals surface area contributed by atoms with E-state index in [0.29, 0.717) is 25.7 Å². The predicted octanol–water partition coefficient (Wildman–Crippen LogP) is 19.5. The summed E-state index contributed by atoms with van der Waals surface area (Å²) in [5.41, 5.74) is 0. The lowest BCUT2D eigenvalue weighted by Crippen LogP contribution is -2.30. The number of hydrogen-bond donors (Lipinski definition) is 3. The summed E-state index contributed by atoms with van der Waals surface area (Å²) in [6.07, 6.45) is 50.0. The fourth-order valence-electron chi connectivity index (χ4n) is 10.3. The minimum atomic E-state index is -4.95. The number of hydrogen-bond acceptors (Lipinski definition) is 15. The summed E-state index contributed by atoms with van der Waals surface area (Å²) in [5.74, 6) is -2.13. The highest BCUT2D eigenvalue weighted by Crippen LogP contribution is 2.45. The number of esters is 4.